The van der Waals surface area contributed by atoms with E-state index in [-0.39, 0.29) is 0 Å². The van der Waals surface area contributed by atoms with Gasteiger partial charge in [0.05, 0.1) is 19.8 Å². The Morgan fingerprint density at radius 1 is 1.11 bits per heavy atom. The van der Waals surface area contributed by atoms with Crippen molar-refractivity contribution < 1.29 is 9.47 Å². The Hall–Kier alpha value is -0.760. The summed E-state index contributed by atoms with van der Waals surface area (Å²) < 4.78 is 10.7. The van der Waals surface area contributed by atoms with E-state index < -0.39 is 0 Å². The first-order valence-electron chi connectivity index (χ1n) is 6.22. The number of nitrogens with zero attached hydrogens (tertiary/aromatic N) is 3. The summed E-state index contributed by atoms with van der Waals surface area (Å²) in [6, 6.07) is 0. The summed E-state index contributed by atoms with van der Waals surface area (Å²) in [5.41, 5.74) is 5.57. The molecule has 0 aliphatic heterocycles. The Morgan fingerprint density at radius 2 is 1.72 bits per heavy atom. The molecule has 0 aromatic carbocycles. The molecule has 6 nitrogen and oxygen atoms in total. The van der Waals surface area contributed by atoms with Crippen molar-refractivity contribution in [1.82, 2.24) is 15.1 Å². The molecule has 0 radical (unpaired) electrons. The highest BCUT2D eigenvalue weighted by Crippen LogP contribution is 2.13. The van der Waals surface area contributed by atoms with Crippen molar-refractivity contribution in [2.45, 2.75) is 20.4 Å². The highest BCUT2D eigenvalue weighted by atomic mass is 32.1. The van der Waals surface area contributed by atoms with Crippen LogP contribution >= 0.6 is 11.3 Å². The average molecular weight is 274 g/mol. The van der Waals surface area contributed by atoms with Crippen LogP contribution in [0.2, 0.25) is 0 Å². The van der Waals surface area contributed by atoms with Gasteiger partial charge >= 0.3 is 0 Å². The highest BCUT2D eigenvalue weighted by Gasteiger charge is 2.09. The van der Waals surface area contributed by atoms with Crippen LogP contribution in [-0.4, -0.2) is 54.6 Å². The van der Waals surface area contributed by atoms with Crippen LogP contribution in [0.25, 0.3) is 0 Å². The van der Waals surface area contributed by atoms with Crippen molar-refractivity contribution in [2.24, 2.45) is 0 Å². The first kappa shape index (κ1) is 15.3. The topological polar surface area (TPSA) is 73.5 Å². The molecule has 1 aromatic rings. The van der Waals surface area contributed by atoms with Crippen LogP contribution in [0.4, 0.5) is 5.13 Å². The van der Waals surface area contributed by atoms with Gasteiger partial charge in [-0.15, -0.1) is 10.2 Å². The standard InChI is InChI=1S/C11H22N4O2S/c1-3-16-7-5-15(6-8-17-4-2)9-10-13-14-11(12)18-10/h3-9H2,1-2H3,(H2,12,14). The van der Waals surface area contributed by atoms with Crippen LogP contribution in [0.5, 0.6) is 0 Å². The molecule has 2 N–H and O–H groups in total. The van der Waals surface area contributed by atoms with E-state index in [4.69, 9.17) is 15.2 Å². The minimum atomic E-state index is 0.513. The van der Waals surface area contributed by atoms with E-state index in [2.05, 4.69) is 15.1 Å². The van der Waals surface area contributed by atoms with E-state index in [0.717, 1.165) is 51.1 Å². The van der Waals surface area contributed by atoms with Gasteiger partial charge in [0.25, 0.3) is 0 Å². The number of nitrogens with two attached hydrogens (primary N) is 1. The van der Waals surface area contributed by atoms with Crippen molar-refractivity contribution in [3.63, 3.8) is 0 Å². The first-order chi connectivity index (χ1) is 8.76. The van der Waals surface area contributed by atoms with Crippen LogP contribution in [0.15, 0.2) is 0 Å². The van der Waals surface area contributed by atoms with Gasteiger partial charge in [-0.05, 0) is 13.8 Å². The quantitative estimate of drug-likeness (QED) is 0.642. The van der Waals surface area contributed by atoms with E-state index in [9.17, 15) is 0 Å². The highest BCUT2D eigenvalue weighted by molar-refractivity contribution is 7.15. The summed E-state index contributed by atoms with van der Waals surface area (Å²) in [7, 11) is 0. The Bertz CT molecular complexity index is 312. The zero-order chi connectivity index (χ0) is 13.2. The van der Waals surface area contributed by atoms with Crippen LogP contribution < -0.4 is 5.73 Å². The number of hydrogen-bond acceptors (Lipinski definition) is 7. The molecular weight excluding hydrogens is 252 g/mol. The van der Waals surface area contributed by atoms with E-state index in [1.54, 1.807) is 0 Å². The number of hydrogen-bond donors (Lipinski definition) is 1. The van der Waals surface area contributed by atoms with Crippen LogP contribution in [-0.2, 0) is 16.0 Å². The van der Waals surface area contributed by atoms with Crippen LogP contribution in [0.3, 0.4) is 0 Å². The van der Waals surface area contributed by atoms with Crippen molar-refractivity contribution >= 4 is 16.5 Å². The predicted octanol–water partition coefficient (Wildman–Crippen LogP) is 0.995. The summed E-state index contributed by atoms with van der Waals surface area (Å²) in [5, 5.41) is 9.30. The molecule has 1 aromatic heterocycles. The van der Waals surface area contributed by atoms with E-state index >= 15 is 0 Å². The molecule has 0 spiro atoms. The van der Waals surface area contributed by atoms with Gasteiger partial charge in [0, 0.05) is 26.3 Å². The third kappa shape index (κ3) is 6.25. The van der Waals surface area contributed by atoms with Crippen LogP contribution in [0.1, 0.15) is 18.9 Å². The molecule has 0 atom stereocenters. The SMILES string of the molecule is CCOCCN(CCOCC)Cc1nnc(N)s1. The average Bonchev–Trinajstić information content (AvgIpc) is 2.75. The van der Waals surface area contributed by atoms with Gasteiger partial charge in [-0.25, -0.2) is 0 Å². The van der Waals surface area contributed by atoms with Crippen molar-refractivity contribution in [2.75, 3.05) is 45.3 Å². The molecule has 1 rings (SSSR count). The van der Waals surface area contributed by atoms with E-state index in [1.807, 2.05) is 13.8 Å². The van der Waals surface area contributed by atoms with Crippen molar-refractivity contribution in [1.29, 1.82) is 0 Å². The summed E-state index contributed by atoms with van der Waals surface area (Å²) in [5.74, 6) is 0. The fourth-order valence-corrected chi connectivity index (χ4v) is 2.12. The number of ether oxygens (including phenoxy) is 2. The van der Waals surface area contributed by atoms with Gasteiger partial charge in [0.15, 0.2) is 0 Å². The molecular formula is C11H22N4O2S. The number of nitrogen functional groups attached to an aromatic ring is 1. The zero-order valence-electron chi connectivity index (χ0n) is 11.1. The molecule has 0 saturated carbocycles. The van der Waals surface area contributed by atoms with Gasteiger partial charge in [-0.2, -0.15) is 0 Å². The normalized spacial score (nSPS) is 11.3. The fourth-order valence-electron chi connectivity index (χ4n) is 1.47. The molecule has 0 unspecified atom stereocenters. The minimum Gasteiger partial charge on any atom is -0.380 e. The number of anilines is 1. The Balaban J connectivity index is 2.37. The number of rotatable bonds is 10. The summed E-state index contributed by atoms with van der Waals surface area (Å²) in [6.07, 6.45) is 0. The third-order valence-corrected chi connectivity index (χ3v) is 3.09. The molecule has 0 amide bonds. The van der Waals surface area contributed by atoms with E-state index in [0.29, 0.717) is 5.13 Å². The lowest BCUT2D eigenvalue weighted by molar-refractivity contribution is 0.0796. The predicted molar refractivity (Wildman–Crippen MR) is 72.6 cm³/mol. The molecule has 7 heteroatoms. The molecule has 104 valence electrons. The van der Waals surface area contributed by atoms with Gasteiger partial charge in [0.1, 0.15) is 5.01 Å². The summed E-state index contributed by atoms with van der Waals surface area (Å²) >= 11 is 1.43. The number of aromatic nitrogens is 2. The lowest BCUT2D eigenvalue weighted by Crippen LogP contribution is -2.30. The van der Waals surface area contributed by atoms with E-state index in [1.165, 1.54) is 11.3 Å². The van der Waals surface area contributed by atoms with Crippen molar-refractivity contribution in [3.8, 4) is 0 Å². The third-order valence-electron chi connectivity index (χ3n) is 2.35. The van der Waals surface area contributed by atoms with Crippen molar-refractivity contribution in [3.05, 3.63) is 5.01 Å². The summed E-state index contributed by atoms with van der Waals surface area (Å²) in [4.78, 5) is 2.24. The maximum atomic E-state index is 5.57. The molecule has 18 heavy (non-hydrogen) atoms. The molecule has 0 aliphatic carbocycles. The monoisotopic (exact) mass is 274 g/mol. The Kier molecular flexibility index (Phi) is 7.83. The molecule has 0 aliphatic rings. The molecule has 0 fully saturated rings. The second-order valence-corrected chi connectivity index (χ2v) is 4.80. The second-order valence-electron chi connectivity index (χ2n) is 3.70. The summed E-state index contributed by atoms with van der Waals surface area (Å²) in [6.45, 7) is 9.38. The van der Waals surface area contributed by atoms with Gasteiger partial charge in [-0.1, -0.05) is 11.3 Å². The smallest absolute Gasteiger partial charge is 0.203 e. The first-order valence-corrected chi connectivity index (χ1v) is 7.03. The van der Waals surface area contributed by atoms with Gasteiger partial charge in [0.2, 0.25) is 5.13 Å². The maximum absolute atomic E-state index is 5.57. The Morgan fingerprint density at radius 3 is 2.17 bits per heavy atom. The molecule has 0 saturated heterocycles. The minimum absolute atomic E-state index is 0.513. The fraction of sp³-hybridized carbons (Fsp3) is 0.818. The zero-order valence-corrected chi connectivity index (χ0v) is 11.9. The lowest BCUT2D eigenvalue weighted by Gasteiger charge is -2.20. The maximum Gasteiger partial charge on any atom is 0.203 e. The van der Waals surface area contributed by atoms with Crippen LogP contribution in [0, 0.1) is 0 Å². The van der Waals surface area contributed by atoms with Gasteiger partial charge in [-0.3, -0.25) is 4.90 Å². The molecule has 0 bridgehead atoms. The molecule has 1 heterocycles. The largest absolute Gasteiger partial charge is 0.380 e. The lowest BCUT2D eigenvalue weighted by atomic mass is 10.4. The Labute approximate surface area is 112 Å². The van der Waals surface area contributed by atoms with Gasteiger partial charge < -0.3 is 15.2 Å². The second kappa shape index (κ2) is 9.21.